The molecule has 2 heteroatoms. The van der Waals surface area contributed by atoms with Crippen molar-refractivity contribution in [2.24, 2.45) is 41.4 Å². The summed E-state index contributed by atoms with van der Waals surface area (Å²) in [6.45, 7) is 22.8. The van der Waals surface area contributed by atoms with Crippen LogP contribution in [0.4, 0.5) is 0 Å². The summed E-state index contributed by atoms with van der Waals surface area (Å²) in [6.07, 6.45) is 31.4. The van der Waals surface area contributed by atoms with Crippen LogP contribution in [0.2, 0.25) is 0 Å². The molecule has 0 bridgehead atoms. The number of ether oxygens (including phenoxy) is 1. The Morgan fingerprint density at radius 1 is 0.558 bits per heavy atom. The molecule has 0 radical (unpaired) electrons. The lowest BCUT2D eigenvalue weighted by Gasteiger charge is -2.21. The van der Waals surface area contributed by atoms with Gasteiger partial charge in [0, 0.05) is 13.5 Å². The average molecular weight is 603 g/mol. The van der Waals surface area contributed by atoms with E-state index in [9.17, 15) is 4.79 Å². The fraction of sp³-hybridized carbons (Fsp3) is 0.878. The maximum atomic E-state index is 12.3. The molecule has 0 fully saturated rings. The van der Waals surface area contributed by atoms with Crippen LogP contribution in [-0.2, 0) is 9.53 Å². The lowest BCUT2D eigenvalue weighted by molar-refractivity contribution is -0.137. The van der Waals surface area contributed by atoms with Crippen LogP contribution in [0.25, 0.3) is 0 Å². The van der Waals surface area contributed by atoms with E-state index in [1.54, 1.807) is 7.11 Å². The highest BCUT2D eigenvalue weighted by molar-refractivity contribution is 5.86. The molecule has 0 aliphatic carbocycles. The first-order valence-corrected chi connectivity index (χ1v) is 18.7. The molecule has 0 spiro atoms. The standard InChI is InChI=1S/C41H78O2/c1-33(2)19-14-22-36(5)25-17-28-37(6)26-15-23-34(3)20-12-13-21-35(4)24-16-27-38(7)29-18-30-39(8)31-32-40(42)41(9,10)43-11/h15,18,23,29,33-39H,12-14,16-17,19-22,24-28,30-32H2,1-11H3/b23-15+,29-18-/t34-,35+,36-,37+,38+,39-/m1/s1. The number of unbranched alkanes of at least 4 members (excludes halogenated alkanes) is 1. The summed E-state index contributed by atoms with van der Waals surface area (Å²) in [5.41, 5.74) is -0.652. The van der Waals surface area contributed by atoms with Gasteiger partial charge in [-0.2, -0.15) is 0 Å². The van der Waals surface area contributed by atoms with Crippen molar-refractivity contribution in [3.05, 3.63) is 24.3 Å². The fourth-order valence-corrected chi connectivity index (χ4v) is 6.03. The van der Waals surface area contributed by atoms with Gasteiger partial charge >= 0.3 is 0 Å². The van der Waals surface area contributed by atoms with Gasteiger partial charge in [-0.25, -0.2) is 0 Å². The van der Waals surface area contributed by atoms with Crippen molar-refractivity contribution in [2.75, 3.05) is 7.11 Å². The van der Waals surface area contributed by atoms with Crippen molar-refractivity contribution < 1.29 is 9.53 Å². The van der Waals surface area contributed by atoms with E-state index in [0.717, 1.165) is 42.4 Å². The van der Waals surface area contributed by atoms with Gasteiger partial charge < -0.3 is 4.74 Å². The maximum Gasteiger partial charge on any atom is 0.164 e. The molecule has 0 saturated heterocycles. The second-order valence-electron chi connectivity index (χ2n) is 15.9. The molecule has 0 aromatic carbocycles. The third kappa shape index (κ3) is 25.0. The van der Waals surface area contributed by atoms with E-state index in [4.69, 9.17) is 4.74 Å². The number of hydrogen-bond donors (Lipinski definition) is 0. The lowest BCUT2D eigenvalue weighted by atomic mass is 9.92. The maximum absolute atomic E-state index is 12.3. The summed E-state index contributed by atoms with van der Waals surface area (Å²) in [4.78, 5) is 12.3. The van der Waals surface area contributed by atoms with Gasteiger partial charge in [-0.15, -0.1) is 0 Å². The highest BCUT2D eigenvalue weighted by Crippen LogP contribution is 2.23. The SMILES string of the molecule is COC(C)(C)C(=O)CC[C@H](C)C/C=C\[C@@H](C)CCC[C@@H](C)CCCC[C@@H](C)/C=C/C[C@H](C)CCC[C@H](C)CCCC(C)C. The number of rotatable bonds is 28. The molecular formula is C41H78O2. The Morgan fingerprint density at radius 2 is 0.953 bits per heavy atom. The molecule has 0 heterocycles. The fourth-order valence-electron chi connectivity index (χ4n) is 6.03. The van der Waals surface area contributed by atoms with E-state index < -0.39 is 5.60 Å². The largest absolute Gasteiger partial charge is 0.371 e. The molecule has 0 saturated carbocycles. The summed E-state index contributed by atoms with van der Waals surface area (Å²) >= 11 is 0. The Kier molecular flexibility index (Phi) is 24.8. The van der Waals surface area contributed by atoms with E-state index >= 15 is 0 Å². The Hall–Kier alpha value is -0.890. The zero-order valence-corrected chi connectivity index (χ0v) is 31.2. The van der Waals surface area contributed by atoms with Crippen LogP contribution in [0.15, 0.2) is 24.3 Å². The van der Waals surface area contributed by atoms with Gasteiger partial charge in [0.05, 0.1) is 0 Å². The van der Waals surface area contributed by atoms with Gasteiger partial charge in [-0.3, -0.25) is 4.79 Å². The third-order valence-corrected chi connectivity index (χ3v) is 9.89. The van der Waals surface area contributed by atoms with E-state index in [1.165, 1.54) is 89.9 Å². The summed E-state index contributed by atoms with van der Waals surface area (Å²) in [6, 6.07) is 0. The Morgan fingerprint density at radius 3 is 1.47 bits per heavy atom. The molecule has 0 aliphatic heterocycles. The first kappa shape index (κ1) is 42.1. The Bertz CT molecular complexity index is 717. The lowest BCUT2D eigenvalue weighted by Crippen LogP contribution is -2.33. The van der Waals surface area contributed by atoms with Crippen molar-refractivity contribution >= 4 is 5.78 Å². The van der Waals surface area contributed by atoms with E-state index in [1.807, 2.05) is 13.8 Å². The van der Waals surface area contributed by atoms with Crippen molar-refractivity contribution in [1.29, 1.82) is 0 Å². The number of Topliss-reactive ketones (excluding diaryl/α,β-unsaturated/α-hetero) is 1. The van der Waals surface area contributed by atoms with E-state index in [2.05, 4.69) is 79.7 Å². The summed E-state index contributed by atoms with van der Waals surface area (Å²) in [7, 11) is 1.62. The number of carbonyl (C=O) groups excluding carboxylic acids is 1. The molecule has 0 rings (SSSR count). The first-order valence-electron chi connectivity index (χ1n) is 18.7. The smallest absolute Gasteiger partial charge is 0.164 e. The number of methoxy groups -OCH3 is 1. The molecule has 0 aromatic heterocycles. The quantitative estimate of drug-likeness (QED) is 0.0657. The van der Waals surface area contributed by atoms with Crippen LogP contribution >= 0.6 is 0 Å². The minimum Gasteiger partial charge on any atom is -0.371 e. The highest BCUT2D eigenvalue weighted by atomic mass is 16.5. The summed E-state index contributed by atoms with van der Waals surface area (Å²) in [5, 5.41) is 0. The Balaban J connectivity index is 3.87. The Labute approximate surface area is 271 Å². The molecule has 6 atom stereocenters. The van der Waals surface area contributed by atoms with Gasteiger partial charge in [0.25, 0.3) is 0 Å². The summed E-state index contributed by atoms with van der Waals surface area (Å²) < 4.78 is 5.31. The topological polar surface area (TPSA) is 26.3 Å². The minimum atomic E-state index is -0.652. The monoisotopic (exact) mass is 603 g/mol. The predicted molar refractivity (Wildman–Crippen MR) is 193 cm³/mol. The zero-order chi connectivity index (χ0) is 32.7. The molecule has 0 N–H and O–H groups in total. The molecule has 0 unspecified atom stereocenters. The van der Waals surface area contributed by atoms with E-state index in [-0.39, 0.29) is 5.78 Å². The van der Waals surface area contributed by atoms with Crippen LogP contribution in [0, 0.1) is 41.4 Å². The van der Waals surface area contributed by atoms with Gasteiger partial charge in [-0.05, 0) is 87.4 Å². The molecule has 2 nitrogen and oxygen atoms in total. The molecule has 254 valence electrons. The van der Waals surface area contributed by atoms with Gasteiger partial charge in [-0.1, -0.05) is 150 Å². The molecule has 0 aromatic rings. The second kappa shape index (κ2) is 25.3. The van der Waals surface area contributed by atoms with Crippen molar-refractivity contribution in [3.8, 4) is 0 Å². The molecule has 0 aliphatic rings. The first-order chi connectivity index (χ1) is 20.3. The van der Waals surface area contributed by atoms with Crippen molar-refractivity contribution in [2.45, 2.75) is 184 Å². The molecule has 0 amide bonds. The molecular weight excluding hydrogens is 524 g/mol. The zero-order valence-electron chi connectivity index (χ0n) is 31.2. The van der Waals surface area contributed by atoms with Crippen LogP contribution in [0.1, 0.15) is 178 Å². The normalized spacial score (nSPS) is 17.0. The van der Waals surface area contributed by atoms with Crippen LogP contribution in [0.5, 0.6) is 0 Å². The van der Waals surface area contributed by atoms with Gasteiger partial charge in [0.2, 0.25) is 0 Å². The number of hydrogen-bond acceptors (Lipinski definition) is 2. The van der Waals surface area contributed by atoms with Gasteiger partial charge in [0.15, 0.2) is 5.78 Å². The van der Waals surface area contributed by atoms with Crippen molar-refractivity contribution in [1.82, 2.24) is 0 Å². The minimum absolute atomic E-state index is 0.207. The van der Waals surface area contributed by atoms with Crippen LogP contribution < -0.4 is 0 Å². The van der Waals surface area contributed by atoms with Crippen LogP contribution in [-0.4, -0.2) is 18.5 Å². The summed E-state index contributed by atoms with van der Waals surface area (Å²) in [5.74, 6) is 5.53. The predicted octanol–water partition coefficient (Wildman–Crippen LogP) is 13.2. The average Bonchev–Trinajstić information content (AvgIpc) is 2.93. The second-order valence-corrected chi connectivity index (χ2v) is 15.9. The number of carbonyl (C=O) groups is 1. The third-order valence-electron chi connectivity index (χ3n) is 9.89. The molecule has 43 heavy (non-hydrogen) atoms. The highest BCUT2D eigenvalue weighted by Gasteiger charge is 2.26. The van der Waals surface area contributed by atoms with Gasteiger partial charge in [0.1, 0.15) is 5.60 Å². The number of allylic oxidation sites excluding steroid dienone is 4. The number of ketones is 1. The van der Waals surface area contributed by atoms with E-state index in [0.29, 0.717) is 18.3 Å². The van der Waals surface area contributed by atoms with Crippen molar-refractivity contribution in [3.63, 3.8) is 0 Å². The van der Waals surface area contributed by atoms with Crippen LogP contribution in [0.3, 0.4) is 0 Å².